The van der Waals surface area contributed by atoms with Gasteiger partial charge in [0.2, 0.25) is 6.08 Å². The summed E-state index contributed by atoms with van der Waals surface area (Å²) in [6.45, 7) is 3.10. The molecule has 1 aliphatic carbocycles. The van der Waals surface area contributed by atoms with Gasteiger partial charge in [0.25, 0.3) is 0 Å². The van der Waals surface area contributed by atoms with Crippen molar-refractivity contribution in [3.63, 3.8) is 0 Å². The van der Waals surface area contributed by atoms with Crippen LogP contribution in [0.1, 0.15) is 30.4 Å². The highest BCUT2D eigenvalue weighted by molar-refractivity contribution is 9.10. The van der Waals surface area contributed by atoms with Gasteiger partial charge >= 0.3 is 0 Å². The third-order valence-corrected chi connectivity index (χ3v) is 4.96. The monoisotopic (exact) mass is 323 g/mol. The number of carbonyl (C=O) groups excluding carboxylic acids is 1. The second kappa shape index (κ2) is 4.66. The van der Waals surface area contributed by atoms with Gasteiger partial charge in [0.15, 0.2) is 11.5 Å². The van der Waals surface area contributed by atoms with Gasteiger partial charge in [-0.1, -0.05) is 15.9 Å². The Labute approximate surface area is 119 Å². The number of hydrogen-bond acceptors (Lipinski definition) is 4. The van der Waals surface area contributed by atoms with Gasteiger partial charge in [-0.3, -0.25) is 0 Å². The molecule has 1 heterocycles. The van der Waals surface area contributed by atoms with E-state index >= 15 is 0 Å². The largest absolute Gasteiger partial charge is 0.486 e. The molecule has 0 bridgehead atoms. The molecule has 0 saturated heterocycles. The molecule has 1 aromatic carbocycles. The quantitative estimate of drug-likeness (QED) is 0.620. The Bertz CT molecular complexity index is 575. The fourth-order valence-corrected chi connectivity index (χ4v) is 3.37. The van der Waals surface area contributed by atoms with E-state index in [1.165, 1.54) is 0 Å². The summed E-state index contributed by atoms with van der Waals surface area (Å²) in [5.74, 6) is 1.53. The summed E-state index contributed by atoms with van der Waals surface area (Å²) in [6, 6.07) is 1.95. The highest BCUT2D eigenvalue weighted by Crippen LogP contribution is 2.51. The summed E-state index contributed by atoms with van der Waals surface area (Å²) in [6.07, 6.45) is 4.54. The lowest BCUT2D eigenvalue weighted by molar-refractivity contribution is 0.168. The molecule has 5 heteroatoms. The number of rotatable bonds is 2. The molecule has 0 aromatic heterocycles. The van der Waals surface area contributed by atoms with Crippen LogP contribution in [-0.4, -0.2) is 19.3 Å². The average Bonchev–Trinajstić information content (AvgIpc) is 2.38. The van der Waals surface area contributed by atoms with Gasteiger partial charge in [-0.2, -0.15) is 4.99 Å². The normalized spacial score (nSPS) is 19.3. The van der Waals surface area contributed by atoms with Crippen LogP contribution < -0.4 is 9.47 Å². The predicted octanol–water partition coefficient (Wildman–Crippen LogP) is 3.24. The molecule has 2 aliphatic rings. The third-order valence-electron chi connectivity index (χ3n) is 3.93. The van der Waals surface area contributed by atoms with E-state index in [1.807, 2.05) is 13.0 Å². The van der Waals surface area contributed by atoms with E-state index in [0.717, 1.165) is 46.4 Å². The summed E-state index contributed by atoms with van der Waals surface area (Å²) in [4.78, 5) is 14.8. The van der Waals surface area contributed by atoms with Crippen LogP contribution >= 0.6 is 15.9 Å². The summed E-state index contributed by atoms with van der Waals surface area (Å²) in [5.41, 5.74) is 1.57. The summed E-state index contributed by atoms with van der Waals surface area (Å²) >= 11 is 3.61. The van der Waals surface area contributed by atoms with E-state index in [4.69, 9.17) is 9.47 Å². The van der Waals surface area contributed by atoms with Crippen molar-refractivity contribution in [1.29, 1.82) is 0 Å². The first-order chi connectivity index (χ1) is 9.18. The van der Waals surface area contributed by atoms with Gasteiger partial charge in [-0.05, 0) is 37.8 Å². The smallest absolute Gasteiger partial charge is 0.235 e. The number of halogens is 1. The Morgan fingerprint density at radius 3 is 2.74 bits per heavy atom. The van der Waals surface area contributed by atoms with Gasteiger partial charge < -0.3 is 9.47 Å². The van der Waals surface area contributed by atoms with Crippen molar-refractivity contribution in [1.82, 2.24) is 0 Å². The number of isocyanates is 1. The van der Waals surface area contributed by atoms with E-state index in [0.29, 0.717) is 13.2 Å². The lowest BCUT2D eigenvalue weighted by atomic mass is 9.72. The van der Waals surface area contributed by atoms with E-state index in [1.54, 1.807) is 6.08 Å². The number of nitrogens with zero attached hydrogens (tertiary/aromatic N) is 1. The number of hydrogen-bond donors (Lipinski definition) is 0. The van der Waals surface area contributed by atoms with Crippen molar-refractivity contribution >= 4 is 22.0 Å². The van der Waals surface area contributed by atoms with Crippen LogP contribution in [0.4, 0.5) is 0 Å². The van der Waals surface area contributed by atoms with Crippen LogP contribution in [0.2, 0.25) is 0 Å². The Morgan fingerprint density at radius 1 is 1.37 bits per heavy atom. The molecule has 100 valence electrons. The van der Waals surface area contributed by atoms with E-state index in [-0.39, 0.29) is 0 Å². The second-order valence-corrected chi connectivity index (χ2v) is 5.77. The molecule has 1 saturated carbocycles. The molecule has 0 radical (unpaired) electrons. The fourth-order valence-electron chi connectivity index (χ4n) is 2.71. The molecule has 4 nitrogen and oxygen atoms in total. The highest BCUT2D eigenvalue weighted by atomic mass is 79.9. The predicted molar refractivity (Wildman–Crippen MR) is 73.5 cm³/mol. The minimum Gasteiger partial charge on any atom is -0.486 e. The number of benzene rings is 1. The highest BCUT2D eigenvalue weighted by Gasteiger charge is 2.41. The van der Waals surface area contributed by atoms with Gasteiger partial charge in [0.05, 0.1) is 5.54 Å². The maximum absolute atomic E-state index is 10.7. The molecule has 1 aromatic rings. The summed E-state index contributed by atoms with van der Waals surface area (Å²) < 4.78 is 12.3. The van der Waals surface area contributed by atoms with Crippen LogP contribution in [0, 0.1) is 6.92 Å². The lowest BCUT2D eigenvalue weighted by Crippen LogP contribution is -2.33. The van der Waals surface area contributed by atoms with Gasteiger partial charge in [-0.25, -0.2) is 4.79 Å². The zero-order valence-electron chi connectivity index (χ0n) is 10.7. The second-order valence-electron chi connectivity index (χ2n) is 4.98. The molecule has 1 fully saturated rings. The van der Waals surface area contributed by atoms with E-state index < -0.39 is 5.54 Å². The van der Waals surface area contributed by atoms with Crippen LogP contribution in [0.5, 0.6) is 11.5 Å². The minimum atomic E-state index is -0.429. The molecule has 0 atom stereocenters. The first-order valence-corrected chi connectivity index (χ1v) is 7.15. The Balaban J connectivity index is 2.16. The van der Waals surface area contributed by atoms with Crippen molar-refractivity contribution in [2.75, 3.05) is 13.2 Å². The lowest BCUT2D eigenvalue weighted by Gasteiger charge is -2.38. The van der Waals surface area contributed by atoms with Crippen LogP contribution in [0.25, 0.3) is 0 Å². The van der Waals surface area contributed by atoms with Gasteiger partial charge in [-0.15, -0.1) is 0 Å². The standard InChI is InChI=1S/C14H14BrNO3/c1-9-12(15)10(14(16-8-17)3-2-4-14)7-11-13(9)19-6-5-18-11/h7H,2-6H2,1H3. The van der Waals surface area contributed by atoms with Crippen molar-refractivity contribution in [3.8, 4) is 11.5 Å². The van der Waals surface area contributed by atoms with E-state index in [9.17, 15) is 4.79 Å². The molecule has 1 aliphatic heterocycles. The minimum absolute atomic E-state index is 0.429. The molecule has 0 unspecified atom stereocenters. The average molecular weight is 324 g/mol. The van der Waals surface area contributed by atoms with Gasteiger partial charge in [0, 0.05) is 10.0 Å². The molecule has 19 heavy (non-hydrogen) atoms. The first kappa shape index (κ1) is 12.7. The summed E-state index contributed by atoms with van der Waals surface area (Å²) in [7, 11) is 0. The Kier molecular flexibility index (Phi) is 3.11. The molecule has 0 amide bonds. The van der Waals surface area contributed by atoms with Crippen molar-refractivity contribution < 1.29 is 14.3 Å². The van der Waals surface area contributed by atoms with E-state index in [2.05, 4.69) is 20.9 Å². The third kappa shape index (κ3) is 1.88. The maximum atomic E-state index is 10.7. The molecule has 0 N–H and O–H groups in total. The Hall–Kier alpha value is -1.32. The SMILES string of the molecule is Cc1c(Br)c(C2(N=C=O)CCC2)cc2c1OCCO2. The van der Waals surface area contributed by atoms with Crippen molar-refractivity contribution in [2.24, 2.45) is 4.99 Å². The topological polar surface area (TPSA) is 47.9 Å². The molecule has 3 rings (SSSR count). The maximum Gasteiger partial charge on any atom is 0.235 e. The zero-order chi connectivity index (χ0) is 13.5. The van der Waals surface area contributed by atoms with Gasteiger partial charge in [0.1, 0.15) is 13.2 Å². The number of fused-ring (bicyclic) bond motifs is 1. The number of ether oxygens (including phenoxy) is 2. The fraction of sp³-hybridized carbons (Fsp3) is 0.500. The first-order valence-electron chi connectivity index (χ1n) is 6.36. The Morgan fingerprint density at radius 2 is 2.11 bits per heavy atom. The van der Waals surface area contributed by atoms with Crippen molar-refractivity contribution in [2.45, 2.75) is 31.7 Å². The van der Waals surface area contributed by atoms with Crippen LogP contribution in [0.3, 0.4) is 0 Å². The summed E-state index contributed by atoms with van der Waals surface area (Å²) in [5, 5.41) is 0. The number of aliphatic imine (C=N–C) groups is 1. The van der Waals surface area contributed by atoms with Crippen molar-refractivity contribution in [3.05, 3.63) is 21.7 Å². The van der Waals surface area contributed by atoms with Crippen LogP contribution in [-0.2, 0) is 10.3 Å². The van der Waals surface area contributed by atoms with Crippen LogP contribution in [0.15, 0.2) is 15.5 Å². The molecule has 0 spiro atoms. The zero-order valence-corrected chi connectivity index (χ0v) is 12.2. The molecular weight excluding hydrogens is 310 g/mol. The molecular formula is C14H14BrNO3.